The van der Waals surface area contributed by atoms with Gasteiger partial charge in [-0.1, -0.05) is 25.7 Å². The zero-order valence-corrected chi connectivity index (χ0v) is 11.6. The molecule has 0 spiro atoms. The lowest BCUT2D eigenvalue weighted by Crippen LogP contribution is -2.15. The number of hydrogen-bond acceptors (Lipinski definition) is 3. The molecule has 1 saturated carbocycles. The Labute approximate surface area is 118 Å². The van der Waals surface area contributed by atoms with E-state index in [9.17, 15) is 9.18 Å². The molecule has 1 aromatic carbocycles. The summed E-state index contributed by atoms with van der Waals surface area (Å²) in [5.41, 5.74) is 11.3. The first-order chi connectivity index (χ1) is 9.58. The van der Waals surface area contributed by atoms with Gasteiger partial charge in [0, 0.05) is 12.2 Å². The van der Waals surface area contributed by atoms with Gasteiger partial charge in [-0.3, -0.25) is 4.79 Å². The van der Waals surface area contributed by atoms with E-state index in [1.165, 1.54) is 38.2 Å². The number of carbonyl (C=O) groups is 1. The van der Waals surface area contributed by atoms with Crippen LogP contribution in [0.1, 0.15) is 48.9 Å². The number of benzene rings is 1. The molecule has 2 rings (SSSR count). The zero-order valence-electron chi connectivity index (χ0n) is 11.6. The average molecular weight is 279 g/mol. The van der Waals surface area contributed by atoms with Crippen LogP contribution in [0.3, 0.4) is 0 Å². The molecule has 4 nitrogen and oxygen atoms in total. The van der Waals surface area contributed by atoms with Gasteiger partial charge in [-0.25, -0.2) is 4.39 Å². The van der Waals surface area contributed by atoms with E-state index in [0.717, 1.165) is 18.4 Å². The summed E-state index contributed by atoms with van der Waals surface area (Å²) in [6.45, 7) is 0.690. The maximum atomic E-state index is 13.7. The van der Waals surface area contributed by atoms with Crippen molar-refractivity contribution >= 4 is 17.3 Å². The van der Waals surface area contributed by atoms with Gasteiger partial charge in [0.15, 0.2) is 0 Å². The number of amides is 1. The minimum absolute atomic E-state index is 0.0755. The molecule has 1 aromatic rings. The van der Waals surface area contributed by atoms with Crippen molar-refractivity contribution in [1.29, 1.82) is 0 Å². The summed E-state index contributed by atoms with van der Waals surface area (Å²) in [6.07, 6.45) is 7.50. The van der Waals surface area contributed by atoms with Gasteiger partial charge in [-0.2, -0.15) is 0 Å². The zero-order chi connectivity index (χ0) is 14.5. The lowest BCUT2D eigenvalue weighted by Gasteiger charge is -2.12. The Morgan fingerprint density at radius 2 is 2.05 bits per heavy atom. The highest BCUT2D eigenvalue weighted by Crippen LogP contribution is 2.28. The normalized spacial score (nSPS) is 15.4. The number of anilines is 2. The largest absolute Gasteiger partial charge is 0.398 e. The molecular weight excluding hydrogens is 257 g/mol. The highest BCUT2D eigenvalue weighted by Gasteiger charge is 2.15. The van der Waals surface area contributed by atoms with E-state index in [-0.39, 0.29) is 11.3 Å². The third-order valence-corrected chi connectivity index (χ3v) is 3.98. The molecule has 1 fully saturated rings. The molecule has 0 atom stereocenters. The van der Waals surface area contributed by atoms with Gasteiger partial charge >= 0.3 is 0 Å². The van der Waals surface area contributed by atoms with Crippen LogP contribution >= 0.6 is 0 Å². The predicted molar refractivity (Wildman–Crippen MR) is 79.0 cm³/mol. The van der Waals surface area contributed by atoms with Gasteiger partial charge in [-0.15, -0.1) is 0 Å². The Bertz CT molecular complexity index is 484. The Morgan fingerprint density at radius 3 is 2.70 bits per heavy atom. The first-order valence-corrected chi connectivity index (χ1v) is 7.20. The molecule has 20 heavy (non-hydrogen) atoms. The molecule has 0 unspecified atom stereocenters. The topological polar surface area (TPSA) is 81.1 Å². The maximum absolute atomic E-state index is 13.7. The third kappa shape index (κ3) is 3.62. The fourth-order valence-electron chi connectivity index (χ4n) is 2.85. The second-order valence-electron chi connectivity index (χ2n) is 5.50. The maximum Gasteiger partial charge on any atom is 0.250 e. The second kappa shape index (κ2) is 6.59. The van der Waals surface area contributed by atoms with E-state index >= 15 is 0 Å². The second-order valence-corrected chi connectivity index (χ2v) is 5.50. The van der Waals surface area contributed by atoms with Gasteiger partial charge < -0.3 is 16.8 Å². The average Bonchev–Trinajstić information content (AvgIpc) is 2.89. The number of hydrogen-bond donors (Lipinski definition) is 3. The smallest absolute Gasteiger partial charge is 0.250 e. The number of carbonyl (C=O) groups excluding carboxylic acids is 1. The van der Waals surface area contributed by atoms with Crippen LogP contribution in [0.15, 0.2) is 12.1 Å². The molecular formula is C15H22FN3O. The lowest BCUT2D eigenvalue weighted by atomic mass is 10.0. The third-order valence-electron chi connectivity index (χ3n) is 3.98. The van der Waals surface area contributed by atoms with E-state index < -0.39 is 11.7 Å². The summed E-state index contributed by atoms with van der Waals surface area (Å²) >= 11 is 0. The van der Waals surface area contributed by atoms with E-state index in [4.69, 9.17) is 11.5 Å². The first-order valence-electron chi connectivity index (χ1n) is 7.20. The summed E-state index contributed by atoms with van der Waals surface area (Å²) in [5.74, 6) is -0.265. The fraction of sp³-hybridized carbons (Fsp3) is 0.533. The summed E-state index contributed by atoms with van der Waals surface area (Å²) in [5, 5.41) is 3.02. The molecule has 1 aliphatic carbocycles. The molecule has 0 aliphatic heterocycles. The van der Waals surface area contributed by atoms with Crippen molar-refractivity contribution < 1.29 is 9.18 Å². The Balaban J connectivity index is 1.88. The van der Waals surface area contributed by atoms with Crippen molar-refractivity contribution in [2.45, 2.75) is 38.5 Å². The molecule has 1 amide bonds. The van der Waals surface area contributed by atoms with Crippen LogP contribution in [-0.2, 0) is 0 Å². The molecule has 0 bridgehead atoms. The summed E-state index contributed by atoms with van der Waals surface area (Å²) in [7, 11) is 0. The predicted octanol–water partition coefficient (Wildman–Crippen LogP) is 2.89. The SMILES string of the molecule is NC(=O)c1cc(NCCCC2CCCC2)c(F)cc1N. The number of nitrogen functional groups attached to an aromatic ring is 1. The van der Waals surface area contributed by atoms with Crippen molar-refractivity contribution in [3.63, 3.8) is 0 Å². The summed E-state index contributed by atoms with van der Waals surface area (Å²) < 4.78 is 13.7. The van der Waals surface area contributed by atoms with Crippen LogP contribution in [0.25, 0.3) is 0 Å². The Hall–Kier alpha value is -1.78. The molecule has 110 valence electrons. The number of halogens is 1. The van der Waals surface area contributed by atoms with E-state index in [1.807, 2.05) is 0 Å². The van der Waals surface area contributed by atoms with Gasteiger partial charge in [0.2, 0.25) is 0 Å². The Morgan fingerprint density at radius 1 is 1.35 bits per heavy atom. The van der Waals surface area contributed by atoms with Crippen molar-refractivity contribution in [3.05, 3.63) is 23.5 Å². The van der Waals surface area contributed by atoms with E-state index in [2.05, 4.69) is 5.32 Å². The van der Waals surface area contributed by atoms with Gasteiger partial charge in [-0.05, 0) is 30.9 Å². The van der Waals surface area contributed by atoms with Crippen molar-refractivity contribution in [1.82, 2.24) is 0 Å². The van der Waals surface area contributed by atoms with Crippen LogP contribution in [0.2, 0.25) is 0 Å². The van der Waals surface area contributed by atoms with Gasteiger partial charge in [0.25, 0.3) is 5.91 Å². The lowest BCUT2D eigenvalue weighted by molar-refractivity contribution is 0.100. The molecule has 0 saturated heterocycles. The van der Waals surface area contributed by atoms with Crippen LogP contribution < -0.4 is 16.8 Å². The monoisotopic (exact) mass is 279 g/mol. The molecule has 5 N–H and O–H groups in total. The molecule has 0 radical (unpaired) electrons. The minimum atomic E-state index is -0.642. The number of nitrogens with two attached hydrogens (primary N) is 2. The van der Waals surface area contributed by atoms with Gasteiger partial charge in [0.05, 0.1) is 11.3 Å². The molecule has 0 heterocycles. The van der Waals surface area contributed by atoms with Crippen LogP contribution in [0, 0.1) is 11.7 Å². The van der Waals surface area contributed by atoms with E-state index in [1.54, 1.807) is 0 Å². The quantitative estimate of drug-likeness (QED) is 0.553. The highest BCUT2D eigenvalue weighted by molar-refractivity contribution is 5.99. The van der Waals surface area contributed by atoms with Crippen LogP contribution in [-0.4, -0.2) is 12.5 Å². The number of primary amides is 1. The highest BCUT2D eigenvalue weighted by atomic mass is 19.1. The molecule has 5 heteroatoms. The van der Waals surface area contributed by atoms with Crippen LogP contribution in [0.5, 0.6) is 0 Å². The van der Waals surface area contributed by atoms with Crippen molar-refractivity contribution in [2.75, 3.05) is 17.6 Å². The Kier molecular flexibility index (Phi) is 4.82. The number of rotatable bonds is 6. The minimum Gasteiger partial charge on any atom is -0.398 e. The van der Waals surface area contributed by atoms with E-state index in [0.29, 0.717) is 12.2 Å². The standard InChI is InChI=1S/C15H22FN3O/c16-12-9-13(17)11(15(18)20)8-14(12)19-7-3-6-10-4-1-2-5-10/h8-10,19H,1-7,17H2,(H2,18,20). The van der Waals surface area contributed by atoms with Crippen molar-refractivity contribution in [2.24, 2.45) is 11.7 Å². The number of nitrogens with one attached hydrogen (secondary N) is 1. The summed E-state index contributed by atoms with van der Waals surface area (Å²) in [6, 6.07) is 2.53. The molecule has 1 aliphatic rings. The fourth-order valence-corrected chi connectivity index (χ4v) is 2.85. The van der Waals surface area contributed by atoms with Crippen molar-refractivity contribution in [3.8, 4) is 0 Å². The van der Waals surface area contributed by atoms with Gasteiger partial charge in [0.1, 0.15) is 5.82 Å². The molecule has 0 aromatic heterocycles. The van der Waals surface area contributed by atoms with Crippen LogP contribution in [0.4, 0.5) is 15.8 Å². The summed E-state index contributed by atoms with van der Waals surface area (Å²) in [4.78, 5) is 11.2. The first kappa shape index (κ1) is 14.6.